The van der Waals surface area contributed by atoms with Gasteiger partial charge in [0.15, 0.2) is 0 Å². The molecule has 0 saturated carbocycles. The second-order valence-corrected chi connectivity index (χ2v) is 4.19. The van der Waals surface area contributed by atoms with Crippen molar-refractivity contribution in [3.8, 4) is 0 Å². The molecule has 0 unspecified atom stereocenters. The van der Waals surface area contributed by atoms with Crippen molar-refractivity contribution in [3.05, 3.63) is 53.4 Å². The minimum atomic E-state index is -0.276. The number of hydrogen-bond donors (Lipinski definition) is 2. The Bertz CT molecular complexity index is 664. The summed E-state index contributed by atoms with van der Waals surface area (Å²) in [6, 6.07) is 10.3. The smallest absolute Gasteiger partial charge is 0.262 e. The molecule has 1 aliphatic rings. The predicted molar refractivity (Wildman–Crippen MR) is 68.0 cm³/mol. The van der Waals surface area contributed by atoms with Gasteiger partial charge in [0.1, 0.15) is 5.82 Å². The lowest BCUT2D eigenvalue weighted by Gasteiger charge is -2.03. The molecule has 2 aromatic carbocycles. The number of carbonyl (C=O) groups excluding carboxylic acids is 1. The maximum atomic E-state index is 13.3. The van der Waals surface area contributed by atoms with Gasteiger partial charge in [-0.3, -0.25) is 10.2 Å². The van der Waals surface area contributed by atoms with Gasteiger partial charge in [0.05, 0.1) is 0 Å². The van der Waals surface area contributed by atoms with Crippen LogP contribution in [0.25, 0.3) is 16.8 Å². The first-order valence-corrected chi connectivity index (χ1v) is 5.66. The largest absolute Gasteiger partial charge is 0.287 e. The lowest BCUT2D eigenvalue weighted by atomic mass is 10.0. The van der Waals surface area contributed by atoms with Crippen LogP contribution in [0.2, 0.25) is 0 Å². The Labute approximate surface area is 103 Å². The fourth-order valence-electron chi connectivity index (χ4n) is 2.08. The van der Waals surface area contributed by atoms with Crippen molar-refractivity contribution < 1.29 is 9.18 Å². The molecule has 2 aromatic rings. The molecule has 3 nitrogen and oxygen atoms in total. The van der Waals surface area contributed by atoms with E-state index in [1.54, 1.807) is 12.1 Å². The predicted octanol–water partition coefficient (Wildman–Crippen LogP) is 2.00. The van der Waals surface area contributed by atoms with Crippen LogP contribution in [0.15, 0.2) is 42.0 Å². The Hall–Kier alpha value is -2.20. The molecule has 0 aromatic heterocycles. The second kappa shape index (κ2) is 4.23. The fraction of sp³-hybridized carbons (Fsp3) is 0.0714. The van der Waals surface area contributed by atoms with Gasteiger partial charge in [-0.25, -0.2) is 9.82 Å². The minimum Gasteiger partial charge on any atom is -0.287 e. The summed E-state index contributed by atoms with van der Waals surface area (Å²) < 4.78 is 13.3. The lowest BCUT2D eigenvalue weighted by Crippen LogP contribution is -2.25. The molecule has 2 N–H and O–H groups in total. The van der Waals surface area contributed by atoms with Gasteiger partial charge in [0, 0.05) is 12.1 Å². The molecular weight excluding hydrogens is 231 g/mol. The lowest BCUT2D eigenvalue weighted by molar-refractivity contribution is -0.116. The maximum Gasteiger partial charge on any atom is 0.262 e. The number of rotatable bonds is 1. The van der Waals surface area contributed by atoms with E-state index in [2.05, 4.69) is 10.9 Å². The van der Waals surface area contributed by atoms with Crippen molar-refractivity contribution in [2.75, 3.05) is 6.54 Å². The van der Waals surface area contributed by atoms with Gasteiger partial charge in [-0.15, -0.1) is 0 Å². The standard InChI is InChI=1S/C14H11FN2O/c15-12-5-4-9-2-1-3-10(13(9)7-12)6-11-8-16-17-14(11)18/h1-7,16H,8H2,(H,17,18)/b11-6+. The highest BCUT2D eigenvalue weighted by Crippen LogP contribution is 2.22. The first-order valence-electron chi connectivity index (χ1n) is 5.66. The van der Waals surface area contributed by atoms with Gasteiger partial charge in [0.25, 0.3) is 5.91 Å². The highest BCUT2D eigenvalue weighted by atomic mass is 19.1. The molecule has 0 spiro atoms. The molecule has 1 aliphatic heterocycles. The number of carbonyl (C=O) groups is 1. The van der Waals surface area contributed by atoms with Gasteiger partial charge < -0.3 is 0 Å². The molecular formula is C14H11FN2O. The molecule has 1 heterocycles. The number of amides is 1. The molecule has 0 aliphatic carbocycles. The fourth-order valence-corrected chi connectivity index (χ4v) is 2.08. The average Bonchev–Trinajstić information content (AvgIpc) is 2.76. The van der Waals surface area contributed by atoms with Crippen LogP contribution < -0.4 is 10.9 Å². The molecule has 4 heteroatoms. The molecule has 0 atom stereocenters. The Kier molecular flexibility index (Phi) is 2.57. The number of hydrazine groups is 1. The Morgan fingerprint density at radius 1 is 1.22 bits per heavy atom. The number of halogens is 1. The Balaban J connectivity index is 2.17. The van der Waals surface area contributed by atoms with Crippen molar-refractivity contribution in [1.82, 2.24) is 10.9 Å². The van der Waals surface area contributed by atoms with E-state index in [0.29, 0.717) is 12.1 Å². The zero-order valence-corrected chi connectivity index (χ0v) is 9.53. The number of hydrogen-bond acceptors (Lipinski definition) is 2. The van der Waals surface area contributed by atoms with Crippen LogP contribution in [0.1, 0.15) is 5.56 Å². The van der Waals surface area contributed by atoms with Crippen LogP contribution in [-0.4, -0.2) is 12.5 Å². The van der Waals surface area contributed by atoms with Crippen molar-refractivity contribution in [2.45, 2.75) is 0 Å². The summed E-state index contributed by atoms with van der Waals surface area (Å²) in [4.78, 5) is 11.5. The zero-order chi connectivity index (χ0) is 12.5. The van der Waals surface area contributed by atoms with Crippen molar-refractivity contribution >= 4 is 22.8 Å². The Morgan fingerprint density at radius 3 is 2.89 bits per heavy atom. The molecule has 1 saturated heterocycles. The molecule has 1 fully saturated rings. The van der Waals surface area contributed by atoms with Gasteiger partial charge in [-0.05, 0) is 34.5 Å². The maximum absolute atomic E-state index is 13.3. The van der Waals surface area contributed by atoms with Crippen LogP contribution in [0.3, 0.4) is 0 Å². The van der Waals surface area contributed by atoms with E-state index < -0.39 is 0 Å². The van der Waals surface area contributed by atoms with Gasteiger partial charge in [-0.2, -0.15) is 0 Å². The highest BCUT2D eigenvalue weighted by Gasteiger charge is 2.15. The molecule has 0 bridgehead atoms. The summed E-state index contributed by atoms with van der Waals surface area (Å²) in [6.45, 7) is 0.477. The van der Waals surface area contributed by atoms with E-state index >= 15 is 0 Å². The summed E-state index contributed by atoms with van der Waals surface area (Å²) >= 11 is 0. The van der Waals surface area contributed by atoms with Gasteiger partial charge >= 0.3 is 0 Å². The van der Waals surface area contributed by atoms with Gasteiger partial charge in [0.2, 0.25) is 0 Å². The van der Waals surface area contributed by atoms with E-state index in [0.717, 1.165) is 16.3 Å². The quantitative estimate of drug-likeness (QED) is 0.751. The molecule has 3 rings (SSSR count). The summed E-state index contributed by atoms with van der Waals surface area (Å²) in [7, 11) is 0. The van der Waals surface area contributed by atoms with E-state index in [9.17, 15) is 9.18 Å². The van der Waals surface area contributed by atoms with E-state index in [1.807, 2.05) is 18.2 Å². The van der Waals surface area contributed by atoms with Crippen LogP contribution in [0.4, 0.5) is 4.39 Å². The normalized spacial score (nSPS) is 17.4. The van der Waals surface area contributed by atoms with Crippen LogP contribution in [0.5, 0.6) is 0 Å². The molecule has 0 radical (unpaired) electrons. The molecule has 90 valence electrons. The van der Waals surface area contributed by atoms with Crippen molar-refractivity contribution in [2.24, 2.45) is 0 Å². The first-order chi connectivity index (χ1) is 8.74. The third-order valence-corrected chi connectivity index (χ3v) is 2.98. The Morgan fingerprint density at radius 2 is 2.11 bits per heavy atom. The van der Waals surface area contributed by atoms with Crippen LogP contribution in [-0.2, 0) is 4.79 Å². The van der Waals surface area contributed by atoms with E-state index in [4.69, 9.17) is 0 Å². The number of nitrogens with one attached hydrogen (secondary N) is 2. The van der Waals surface area contributed by atoms with Crippen molar-refractivity contribution in [1.29, 1.82) is 0 Å². The third kappa shape index (κ3) is 1.87. The number of benzene rings is 2. The topological polar surface area (TPSA) is 41.1 Å². The summed E-state index contributed by atoms with van der Waals surface area (Å²) in [6.07, 6.45) is 1.79. The molecule has 1 amide bonds. The summed E-state index contributed by atoms with van der Waals surface area (Å²) in [5, 5.41) is 1.77. The van der Waals surface area contributed by atoms with Crippen LogP contribution >= 0.6 is 0 Å². The van der Waals surface area contributed by atoms with Crippen molar-refractivity contribution in [3.63, 3.8) is 0 Å². The SMILES string of the molecule is O=C1NNC/C1=C\c1cccc2ccc(F)cc12. The molecule has 18 heavy (non-hydrogen) atoms. The third-order valence-electron chi connectivity index (χ3n) is 2.98. The zero-order valence-electron chi connectivity index (χ0n) is 9.53. The second-order valence-electron chi connectivity index (χ2n) is 4.19. The van der Waals surface area contributed by atoms with E-state index in [1.165, 1.54) is 12.1 Å². The average molecular weight is 242 g/mol. The minimum absolute atomic E-state index is 0.136. The monoisotopic (exact) mass is 242 g/mol. The first kappa shape index (κ1) is 10.9. The van der Waals surface area contributed by atoms with Gasteiger partial charge in [-0.1, -0.05) is 24.3 Å². The number of fused-ring (bicyclic) bond motifs is 1. The highest BCUT2D eigenvalue weighted by molar-refractivity contribution is 6.02. The summed E-state index contributed by atoms with van der Waals surface area (Å²) in [5.74, 6) is -0.411. The van der Waals surface area contributed by atoms with Crippen LogP contribution in [0, 0.1) is 5.82 Å². The van der Waals surface area contributed by atoms with E-state index in [-0.39, 0.29) is 11.7 Å². The summed E-state index contributed by atoms with van der Waals surface area (Å²) in [5.41, 5.74) is 6.77.